The lowest BCUT2D eigenvalue weighted by atomic mass is 9.92. The van der Waals surface area contributed by atoms with Crippen LogP contribution in [0.1, 0.15) is 12.8 Å². The number of halogens is 2. The van der Waals surface area contributed by atoms with Gasteiger partial charge >= 0.3 is 6.01 Å². The fraction of sp³-hybridized carbons (Fsp3) is 0.379. The van der Waals surface area contributed by atoms with Crippen molar-refractivity contribution in [3.63, 3.8) is 0 Å². The van der Waals surface area contributed by atoms with Crippen LogP contribution in [0.2, 0.25) is 0 Å². The lowest BCUT2D eigenvalue weighted by molar-refractivity contribution is 0.188. The molecule has 3 N–H and O–H groups in total. The third-order valence-corrected chi connectivity index (χ3v) is 9.07. The van der Waals surface area contributed by atoms with Gasteiger partial charge in [0.25, 0.3) is 0 Å². The largest absolute Gasteiger partial charge is 0.462 e. The average molecular weight is 592 g/mol. The SMILES string of the molecule is CN1CCC[C@H]1COc1nc(N2CCNCC2)c2cc(-c3cnn(C)c3)c(-c3ccc(F)c4sc(N)nc34)c(F)c2n1. The Kier molecular flexibility index (Phi) is 6.87. The standard InChI is InChI=1S/C29H31F2N9OS/c1-38-9-3-4-17(38)15-41-29-36-24-20(27(37-29)40-10-7-33-8-11-40)12-19(16-13-34-39(2)14-16)22(23(24)31)18-5-6-21(30)26-25(18)35-28(32)42-26/h5-6,12-14,17,33H,3-4,7-11,15H2,1-2H3,(H2,32,35)/t17-/m0/s1. The molecule has 10 nitrogen and oxygen atoms in total. The number of ether oxygens (including phenoxy) is 1. The average Bonchev–Trinajstić information content (AvgIpc) is 3.72. The van der Waals surface area contributed by atoms with Crippen molar-refractivity contribution in [2.75, 3.05) is 57.0 Å². The van der Waals surface area contributed by atoms with Crippen molar-refractivity contribution in [2.24, 2.45) is 7.05 Å². The zero-order chi connectivity index (χ0) is 29.0. The van der Waals surface area contributed by atoms with Crippen LogP contribution in [0.5, 0.6) is 6.01 Å². The number of hydrogen-bond acceptors (Lipinski definition) is 10. The van der Waals surface area contributed by atoms with Gasteiger partial charge in [0.05, 0.1) is 16.4 Å². The highest BCUT2D eigenvalue weighted by molar-refractivity contribution is 7.22. The van der Waals surface area contributed by atoms with Gasteiger partial charge < -0.3 is 25.6 Å². The van der Waals surface area contributed by atoms with Crippen LogP contribution < -0.4 is 20.7 Å². The summed E-state index contributed by atoms with van der Waals surface area (Å²) in [4.78, 5) is 18.3. The van der Waals surface area contributed by atoms with Gasteiger partial charge in [-0.3, -0.25) is 4.68 Å². The van der Waals surface area contributed by atoms with Crippen LogP contribution in [0.3, 0.4) is 0 Å². The summed E-state index contributed by atoms with van der Waals surface area (Å²) in [6, 6.07) is 5.17. The van der Waals surface area contributed by atoms with E-state index >= 15 is 4.39 Å². The van der Waals surface area contributed by atoms with Gasteiger partial charge in [-0.25, -0.2) is 13.8 Å². The van der Waals surface area contributed by atoms with Crippen molar-refractivity contribution in [2.45, 2.75) is 18.9 Å². The van der Waals surface area contributed by atoms with E-state index in [2.05, 4.69) is 37.2 Å². The van der Waals surface area contributed by atoms with Crippen LogP contribution in [0.4, 0.5) is 19.7 Å². The first-order valence-electron chi connectivity index (χ1n) is 14.0. The fourth-order valence-corrected chi connectivity index (χ4v) is 6.74. The van der Waals surface area contributed by atoms with E-state index in [-0.39, 0.29) is 33.0 Å². The Hall–Kier alpha value is -3.94. The highest BCUT2D eigenvalue weighted by Crippen LogP contribution is 2.44. The van der Waals surface area contributed by atoms with Crippen molar-refractivity contribution >= 4 is 43.4 Å². The van der Waals surface area contributed by atoms with Gasteiger partial charge in [0, 0.05) is 67.5 Å². The summed E-state index contributed by atoms with van der Waals surface area (Å²) in [6.45, 7) is 4.41. The lowest BCUT2D eigenvalue weighted by Crippen LogP contribution is -2.44. The molecule has 5 aromatic rings. The van der Waals surface area contributed by atoms with Crippen LogP contribution in [0, 0.1) is 11.6 Å². The summed E-state index contributed by atoms with van der Waals surface area (Å²) in [5.41, 5.74) is 8.38. The summed E-state index contributed by atoms with van der Waals surface area (Å²) < 4.78 is 40.0. The van der Waals surface area contributed by atoms with E-state index in [1.54, 1.807) is 24.0 Å². The number of nitrogen functional groups attached to an aromatic ring is 1. The number of nitrogens with one attached hydrogen (secondary N) is 1. The van der Waals surface area contributed by atoms with Gasteiger partial charge in [0.2, 0.25) is 0 Å². The summed E-state index contributed by atoms with van der Waals surface area (Å²) in [5, 5.41) is 8.48. The number of anilines is 2. The minimum absolute atomic E-state index is 0.136. The maximum Gasteiger partial charge on any atom is 0.319 e. The van der Waals surface area contributed by atoms with Gasteiger partial charge in [-0.05, 0) is 50.2 Å². The molecule has 1 atom stereocenters. The van der Waals surface area contributed by atoms with E-state index in [1.165, 1.54) is 6.07 Å². The van der Waals surface area contributed by atoms with E-state index < -0.39 is 11.6 Å². The van der Waals surface area contributed by atoms with Crippen LogP contribution in [-0.2, 0) is 7.05 Å². The number of likely N-dealkylation sites (tertiary alicyclic amines) is 1. The number of benzene rings is 2. The zero-order valence-electron chi connectivity index (χ0n) is 23.4. The smallest absolute Gasteiger partial charge is 0.319 e. The second-order valence-corrected chi connectivity index (χ2v) is 11.9. The highest BCUT2D eigenvalue weighted by atomic mass is 32.1. The normalized spacial score (nSPS) is 18.0. The number of fused-ring (bicyclic) bond motifs is 2. The number of aromatic nitrogens is 5. The summed E-state index contributed by atoms with van der Waals surface area (Å²) in [7, 11) is 3.88. The number of nitrogens with two attached hydrogens (primary N) is 1. The third-order valence-electron chi connectivity index (χ3n) is 8.18. The molecule has 2 saturated heterocycles. The van der Waals surface area contributed by atoms with Crippen molar-refractivity contribution in [3.05, 3.63) is 42.2 Å². The molecule has 2 aliphatic rings. The molecule has 7 rings (SSSR count). The Morgan fingerprint density at radius 3 is 2.64 bits per heavy atom. The van der Waals surface area contributed by atoms with E-state index in [9.17, 15) is 4.39 Å². The predicted molar refractivity (Wildman–Crippen MR) is 161 cm³/mol. The molecule has 2 fully saturated rings. The molecule has 42 heavy (non-hydrogen) atoms. The van der Waals surface area contributed by atoms with Crippen LogP contribution in [0.15, 0.2) is 30.6 Å². The quantitative estimate of drug-likeness (QED) is 0.302. The summed E-state index contributed by atoms with van der Waals surface area (Å²) in [5.74, 6) is -0.399. The fourth-order valence-electron chi connectivity index (χ4n) is 5.98. The van der Waals surface area contributed by atoms with Gasteiger partial charge in [0.15, 0.2) is 10.9 Å². The Labute approximate surface area is 245 Å². The monoisotopic (exact) mass is 591 g/mol. The molecular formula is C29H31F2N9OS. The van der Waals surface area contributed by atoms with E-state index in [0.29, 0.717) is 53.1 Å². The molecule has 0 saturated carbocycles. The number of aryl methyl sites for hydroxylation is 1. The number of nitrogens with zero attached hydrogens (tertiary/aromatic N) is 7. The molecule has 0 amide bonds. The minimum atomic E-state index is -0.563. The second-order valence-electron chi connectivity index (χ2n) is 10.9. The van der Waals surface area contributed by atoms with E-state index in [1.807, 2.05) is 12.3 Å². The predicted octanol–water partition coefficient (Wildman–Crippen LogP) is 4.05. The number of thiazole rings is 1. The number of likely N-dealkylation sites (N-methyl/N-ethyl adjacent to an activating group) is 1. The number of rotatable bonds is 6. The molecule has 13 heteroatoms. The molecule has 2 aliphatic heterocycles. The van der Waals surface area contributed by atoms with Gasteiger partial charge in [-0.15, -0.1) is 0 Å². The van der Waals surface area contributed by atoms with Gasteiger partial charge in [-0.2, -0.15) is 15.1 Å². The topological polar surface area (TPSA) is 110 Å². The maximum absolute atomic E-state index is 17.1. The molecular weight excluding hydrogens is 560 g/mol. The van der Waals surface area contributed by atoms with E-state index in [0.717, 1.165) is 43.8 Å². The lowest BCUT2D eigenvalue weighted by Gasteiger charge is -2.30. The third kappa shape index (κ3) is 4.71. The molecule has 0 bridgehead atoms. The first-order chi connectivity index (χ1) is 20.4. The molecule has 0 spiro atoms. The molecule has 2 aromatic carbocycles. The van der Waals surface area contributed by atoms with Gasteiger partial charge in [-0.1, -0.05) is 11.3 Å². The highest BCUT2D eigenvalue weighted by Gasteiger charge is 2.28. The summed E-state index contributed by atoms with van der Waals surface area (Å²) in [6.07, 6.45) is 5.64. The molecule has 3 aromatic heterocycles. The van der Waals surface area contributed by atoms with Crippen molar-refractivity contribution in [1.29, 1.82) is 0 Å². The summed E-state index contributed by atoms with van der Waals surface area (Å²) >= 11 is 1.04. The Balaban J connectivity index is 1.47. The first-order valence-corrected chi connectivity index (χ1v) is 14.9. The molecule has 5 heterocycles. The molecule has 0 unspecified atom stereocenters. The Bertz CT molecular complexity index is 1800. The van der Waals surface area contributed by atoms with E-state index in [4.69, 9.17) is 15.5 Å². The Morgan fingerprint density at radius 2 is 1.90 bits per heavy atom. The van der Waals surface area contributed by atoms with Crippen LogP contribution in [0.25, 0.3) is 43.4 Å². The Morgan fingerprint density at radius 1 is 1.07 bits per heavy atom. The molecule has 218 valence electrons. The second kappa shape index (κ2) is 10.7. The first kappa shape index (κ1) is 26.9. The van der Waals surface area contributed by atoms with Gasteiger partial charge in [0.1, 0.15) is 23.8 Å². The number of hydrogen-bond donors (Lipinski definition) is 2. The van der Waals surface area contributed by atoms with Crippen LogP contribution in [-0.4, -0.2) is 82.1 Å². The van der Waals surface area contributed by atoms with Crippen molar-refractivity contribution < 1.29 is 13.5 Å². The number of piperazine rings is 1. The molecule has 0 aliphatic carbocycles. The molecule has 0 radical (unpaired) electrons. The zero-order valence-corrected chi connectivity index (χ0v) is 24.2. The van der Waals surface area contributed by atoms with Crippen molar-refractivity contribution in [3.8, 4) is 28.3 Å². The maximum atomic E-state index is 17.1. The van der Waals surface area contributed by atoms with Crippen molar-refractivity contribution in [1.82, 2.24) is 34.9 Å². The minimum Gasteiger partial charge on any atom is -0.462 e. The van der Waals surface area contributed by atoms with Crippen LogP contribution >= 0.6 is 11.3 Å².